The van der Waals surface area contributed by atoms with Gasteiger partial charge in [-0.1, -0.05) is 41.2 Å². The number of likely N-dealkylation sites (N-methyl/N-ethyl adjacent to an activating group) is 1. The Morgan fingerprint density at radius 1 is 1.40 bits per heavy atom. The summed E-state index contributed by atoms with van der Waals surface area (Å²) in [6, 6.07) is -0.267. The molecule has 1 aliphatic heterocycles. The van der Waals surface area contributed by atoms with E-state index in [4.69, 9.17) is 39.5 Å². The number of carbonyl (C=O) groups excluding carboxylic acids is 1. The van der Waals surface area contributed by atoms with Gasteiger partial charge in [-0.05, 0) is 38.1 Å². The van der Waals surface area contributed by atoms with E-state index in [-0.39, 0.29) is 30.5 Å². The summed E-state index contributed by atoms with van der Waals surface area (Å²) < 4.78 is 3.05. The van der Waals surface area contributed by atoms with Crippen LogP contribution in [0.2, 0.25) is 0 Å². The minimum Gasteiger partial charge on any atom is -0.393 e. The normalized spacial score (nSPS) is 35.6. The maximum Gasteiger partial charge on any atom is 0.297 e. The molecule has 1 N–H and O–H groups in total. The van der Waals surface area contributed by atoms with Crippen molar-refractivity contribution in [1.82, 2.24) is 4.90 Å². The first-order valence-corrected chi connectivity index (χ1v) is 8.03. The number of ether oxygens (including phenoxy) is 1. The highest BCUT2D eigenvalue weighted by Gasteiger charge is 2.42. The molecule has 0 aromatic carbocycles. The fourth-order valence-corrected chi connectivity index (χ4v) is 3.63. The van der Waals surface area contributed by atoms with Gasteiger partial charge in [0.05, 0.1) is 12.1 Å². The number of alkyl halides is 3. The number of hydrogen-bond donors (Lipinski definition) is 1. The topological polar surface area (TPSA) is 49.8 Å². The van der Waals surface area contributed by atoms with Crippen LogP contribution in [0.3, 0.4) is 0 Å². The zero-order valence-corrected chi connectivity index (χ0v) is 13.7. The molecule has 4 nitrogen and oxygen atoms in total. The second kappa shape index (κ2) is 6.67. The van der Waals surface area contributed by atoms with Gasteiger partial charge in [-0.2, -0.15) is 0 Å². The third-order valence-electron chi connectivity index (χ3n) is 4.47. The largest absolute Gasteiger partial charge is 0.393 e. The first kappa shape index (κ1) is 16.8. The maximum absolute atomic E-state index is 12.2. The average Bonchev–Trinajstić information content (AvgIpc) is 2.35. The number of ketones is 1. The van der Waals surface area contributed by atoms with Crippen LogP contribution in [-0.2, 0) is 9.53 Å². The molecule has 1 saturated heterocycles. The molecule has 2 rings (SSSR count). The summed E-state index contributed by atoms with van der Waals surface area (Å²) in [4.78, 5) is 14.2. The molecule has 0 amide bonds. The van der Waals surface area contributed by atoms with Crippen LogP contribution in [0.4, 0.5) is 0 Å². The highest BCUT2D eigenvalue weighted by molar-refractivity contribution is 6.66. The van der Waals surface area contributed by atoms with E-state index in [0.717, 1.165) is 25.8 Å². The van der Waals surface area contributed by atoms with E-state index in [2.05, 4.69) is 0 Å². The Balaban J connectivity index is 1.95. The molecule has 0 aromatic heterocycles. The number of likely N-dealkylation sites (tertiary alicyclic amines) is 1. The second-order valence-electron chi connectivity index (χ2n) is 5.81. The number of hydrogen-bond acceptors (Lipinski definition) is 4. The van der Waals surface area contributed by atoms with Crippen LogP contribution in [-0.4, -0.2) is 52.1 Å². The Kier molecular flexibility index (Phi) is 5.60. The molecular weight excluding hydrogens is 325 g/mol. The van der Waals surface area contributed by atoms with Gasteiger partial charge < -0.3 is 9.84 Å². The summed E-state index contributed by atoms with van der Waals surface area (Å²) >= 11 is 16.5. The lowest BCUT2D eigenvalue weighted by Crippen LogP contribution is -2.53. The Hall–Kier alpha value is 0.420. The number of Topliss-reactive ketones (excluding diaryl/α,β-unsaturated/α-hetero) is 1. The molecule has 1 aliphatic carbocycles. The quantitative estimate of drug-likeness (QED) is 0.799. The predicted molar refractivity (Wildman–Crippen MR) is 79.1 cm³/mol. The van der Waals surface area contributed by atoms with Crippen LogP contribution in [0.1, 0.15) is 25.7 Å². The standard InChI is InChI=1S/C13H20Cl3NO3/c1-17-6-8-3-2-4-11(18)9(8)5-10(17)12(19)7-20-13(14,15)16/h8-11,18H,2-7H2,1H3/t8-,9+,10+,11+/m1/s1. The average molecular weight is 345 g/mol. The van der Waals surface area contributed by atoms with Crippen LogP contribution >= 0.6 is 34.8 Å². The van der Waals surface area contributed by atoms with Gasteiger partial charge in [0.1, 0.15) is 6.61 Å². The van der Waals surface area contributed by atoms with Crippen LogP contribution in [0, 0.1) is 11.8 Å². The van der Waals surface area contributed by atoms with Crippen molar-refractivity contribution in [1.29, 1.82) is 0 Å². The van der Waals surface area contributed by atoms with Gasteiger partial charge in [0.2, 0.25) is 0 Å². The molecule has 4 atom stereocenters. The van der Waals surface area contributed by atoms with Gasteiger partial charge in [-0.3, -0.25) is 9.69 Å². The monoisotopic (exact) mass is 343 g/mol. The minimum absolute atomic E-state index is 0.102. The highest BCUT2D eigenvalue weighted by atomic mass is 35.6. The number of aliphatic hydroxyl groups is 1. The van der Waals surface area contributed by atoms with Crippen molar-refractivity contribution >= 4 is 40.6 Å². The fraction of sp³-hybridized carbons (Fsp3) is 0.923. The lowest BCUT2D eigenvalue weighted by atomic mass is 9.71. The van der Waals surface area contributed by atoms with Crippen molar-refractivity contribution < 1.29 is 14.6 Å². The minimum atomic E-state index is -1.87. The van der Waals surface area contributed by atoms with Crippen molar-refractivity contribution in [2.75, 3.05) is 20.2 Å². The molecule has 0 aromatic rings. The van der Waals surface area contributed by atoms with E-state index in [1.807, 2.05) is 11.9 Å². The number of rotatable bonds is 3. The second-order valence-corrected chi connectivity index (χ2v) is 7.99. The fourth-order valence-electron chi connectivity index (χ4n) is 3.47. The molecule has 20 heavy (non-hydrogen) atoms. The van der Waals surface area contributed by atoms with Gasteiger partial charge in [0, 0.05) is 6.54 Å². The van der Waals surface area contributed by atoms with E-state index in [0.29, 0.717) is 12.3 Å². The van der Waals surface area contributed by atoms with Crippen LogP contribution in [0.25, 0.3) is 0 Å². The lowest BCUT2D eigenvalue weighted by Gasteiger charge is -2.46. The predicted octanol–water partition coefficient (Wildman–Crippen LogP) is 2.38. The number of halogens is 3. The zero-order chi connectivity index (χ0) is 14.9. The van der Waals surface area contributed by atoms with Crippen LogP contribution < -0.4 is 0 Å². The maximum atomic E-state index is 12.2. The molecule has 1 saturated carbocycles. The molecule has 2 fully saturated rings. The van der Waals surface area contributed by atoms with Gasteiger partial charge in [-0.25, -0.2) is 0 Å². The summed E-state index contributed by atoms with van der Waals surface area (Å²) in [6.07, 6.45) is 3.37. The van der Waals surface area contributed by atoms with Crippen LogP contribution in [0.5, 0.6) is 0 Å². The number of carbonyl (C=O) groups is 1. The number of piperidine rings is 1. The summed E-state index contributed by atoms with van der Waals surface area (Å²) in [5, 5.41) is 10.1. The summed E-state index contributed by atoms with van der Waals surface area (Å²) in [7, 11) is 1.93. The van der Waals surface area contributed by atoms with E-state index < -0.39 is 3.98 Å². The van der Waals surface area contributed by atoms with E-state index in [1.54, 1.807) is 0 Å². The molecular formula is C13H20Cl3NO3. The molecule has 0 radical (unpaired) electrons. The van der Waals surface area contributed by atoms with Gasteiger partial charge in [-0.15, -0.1) is 0 Å². The Morgan fingerprint density at radius 3 is 2.75 bits per heavy atom. The van der Waals surface area contributed by atoms with Gasteiger partial charge in [0.15, 0.2) is 5.78 Å². The van der Waals surface area contributed by atoms with E-state index in [9.17, 15) is 9.90 Å². The first-order valence-electron chi connectivity index (χ1n) is 6.89. The smallest absolute Gasteiger partial charge is 0.297 e. The van der Waals surface area contributed by atoms with Crippen molar-refractivity contribution in [3.05, 3.63) is 0 Å². The zero-order valence-electron chi connectivity index (χ0n) is 11.4. The van der Waals surface area contributed by atoms with Crippen molar-refractivity contribution in [3.63, 3.8) is 0 Å². The molecule has 2 aliphatic rings. The molecule has 0 bridgehead atoms. The molecule has 1 heterocycles. The number of nitrogens with zero attached hydrogens (tertiary/aromatic N) is 1. The van der Waals surface area contributed by atoms with Crippen molar-refractivity contribution in [3.8, 4) is 0 Å². The molecule has 116 valence electrons. The van der Waals surface area contributed by atoms with E-state index in [1.165, 1.54) is 0 Å². The summed E-state index contributed by atoms with van der Waals surface area (Å²) in [5.41, 5.74) is 0. The van der Waals surface area contributed by atoms with Gasteiger partial charge >= 0.3 is 0 Å². The molecule has 0 spiro atoms. The summed E-state index contributed by atoms with van der Waals surface area (Å²) in [6.45, 7) is 0.602. The highest BCUT2D eigenvalue weighted by Crippen LogP contribution is 2.38. The first-order chi connectivity index (χ1) is 9.28. The van der Waals surface area contributed by atoms with Crippen LogP contribution in [0.15, 0.2) is 0 Å². The molecule has 0 unspecified atom stereocenters. The Morgan fingerprint density at radius 2 is 2.10 bits per heavy atom. The Labute approximate surface area is 134 Å². The summed E-state index contributed by atoms with van der Waals surface area (Å²) in [5.74, 6) is 0.568. The van der Waals surface area contributed by atoms with Gasteiger partial charge in [0.25, 0.3) is 3.98 Å². The molecule has 7 heteroatoms. The third-order valence-corrected chi connectivity index (χ3v) is 4.80. The Bertz CT molecular complexity index is 361. The third kappa shape index (κ3) is 4.21. The lowest BCUT2D eigenvalue weighted by molar-refractivity contribution is -0.133. The van der Waals surface area contributed by atoms with E-state index >= 15 is 0 Å². The van der Waals surface area contributed by atoms with Crippen molar-refractivity contribution in [2.45, 2.75) is 41.8 Å². The SMILES string of the molecule is CN1C[C@H]2CCC[C@H](O)[C@H]2C[C@H]1C(=O)COC(Cl)(Cl)Cl. The van der Waals surface area contributed by atoms with Crippen molar-refractivity contribution in [2.24, 2.45) is 11.8 Å². The number of aliphatic hydroxyl groups excluding tert-OH is 1. The number of fused-ring (bicyclic) bond motifs is 1.